The highest BCUT2D eigenvalue weighted by Crippen LogP contribution is 2.43. The molecule has 0 spiro atoms. The third kappa shape index (κ3) is 1.96. The van der Waals surface area contributed by atoms with Crippen LogP contribution in [0.15, 0.2) is 24.3 Å². The lowest BCUT2D eigenvalue weighted by molar-refractivity contribution is -0.122. The van der Waals surface area contributed by atoms with Crippen molar-refractivity contribution < 1.29 is 9.59 Å². The molecule has 1 aromatic carbocycles. The van der Waals surface area contributed by atoms with Gasteiger partial charge in [0.2, 0.25) is 11.8 Å². The van der Waals surface area contributed by atoms with Gasteiger partial charge in [-0.2, -0.15) is 0 Å². The second kappa shape index (κ2) is 4.64. The number of carbonyl (C=O) groups excluding carboxylic acids is 2. The van der Waals surface area contributed by atoms with E-state index in [4.69, 9.17) is 11.6 Å². The van der Waals surface area contributed by atoms with Gasteiger partial charge in [-0.3, -0.25) is 9.59 Å². The maximum absolute atomic E-state index is 12.5. The van der Waals surface area contributed by atoms with Gasteiger partial charge in [0.15, 0.2) is 0 Å². The first kappa shape index (κ1) is 12.7. The lowest BCUT2D eigenvalue weighted by atomic mass is 9.76. The largest absolute Gasteiger partial charge is 0.274 e. The second-order valence-electron chi connectivity index (χ2n) is 5.59. The first-order valence-electron chi connectivity index (χ1n) is 6.72. The first-order valence-corrected chi connectivity index (χ1v) is 7.09. The van der Waals surface area contributed by atoms with Gasteiger partial charge in [-0.1, -0.05) is 30.7 Å². The minimum absolute atomic E-state index is 0.0741. The van der Waals surface area contributed by atoms with Crippen molar-refractivity contribution in [3.05, 3.63) is 29.3 Å². The van der Waals surface area contributed by atoms with Crippen LogP contribution in [-0.2, 0) is 9.59 Å². The van der Waals surface area contributed by atoms with E-state index in [-0.39, 0.29) is 23.7 Å². The number of nitrogens with zero attached hydrogens (tertiary/aromatic N) is 1. The van der Waals surface area contributed by atoms with E-state index in [1.54, 1.807) is 24.3 Å². The molecule has 0 aromatic heterocycles. The number of para-hydroxylation sites is 1. The van der Waals surface area contributed by atoms with E-state index in [0.717, 1.165) is 19.3 Å². The number of halogens is 1. The molecule has 1 aliphatic carbocycles. The van der Waals surface area contributed by atoms with Crippen LogP contribution in [-0.4, -0.2) is 11.8 Å². The van der Waals surface area contributed by atoms with Crippen LogP contribution in [0.25, 0.3) is 0 Å². The highest BCUT2D eigenvalue weighted by molar-refractivity contribution is 6.36. The molecule has 0 bridgehead atoms. The molecule has 0 unspecified atom stereocenters. The number of hydrogen-bond donors (Lipinski definition) is 0. The quantitative estimate of drug-likeness (QED) is 0.739. The molecular weight excluding hydrogens is 262 g/mol. The number of anilines is 1. The number of benzene rings is 1. The molecule has 0 radical (unpaired) electrons. The molecule has 2 aliphatic rings. The summed E-state index contributed by atoms with van der Waals surface area (Å²) in [5.74, 6) is 0.0846. The van der Waals surface area contributed by atoms with Crippen molar-refractivity contribution >= 4 is 29.1 Å². The Morgan fingerprint density at radius 2 is 1.79 bits per heavy atom. The fourth-order valence-corrected chi connectivity index (χ4v) is 3.48. The number of hydrogen-bond acceptors (Lipinski definition) is 2. The Bertz CT molecular complexity index is 543. The summed E-state index contributed by atoms with van der Waals surface area (Å²) in [7, 11) is 0. The monoisotopic (exact) mass is 277 g/mol. The lowest BCUT2D eigenvalue weighted by Gasteiger charge is -2.25. The van der Waals surface area contributed by atoms with Gasteiger partial charge >= 0.3 is 0 Å². The Kier molecular flexibility index (Phi) is 3.09. The fraction of sp³-hybridized carbons (Fsp3) is 0.467. The third-order valence-corrected chi connectivity index (χ3v) is 4.60. The molecule has 2 amide bonds. The van der Waals surface area contributed by atoms with Crippen LogP contribution in [0.2, 0.25) is 5.02 Å². The summed E-state index contributed by atoms with van der Waals surface area (Å²) in [5.41, 5.74) is 0.529. The summed E-state index contributed by atoms with van der Waals surface area (Å²) in [4.78, 5) is 26.3. The van der Waals surface area contributed by atoms with Gasteiger partial charge in [-0.25, -0.2) is 4.90 Å². The first-order chi connectivity index (χ1) is 9.09. The Morgan fingerprint density at radius 1 is 1.11 bits per heavy atom. The molecule has 19 heavy (non-hydrogen) atoms. The summed E-state index contributed by atoms with van der Waals surface area (Å²) < 4.78 is 0. The molecule has 1 heterocycles. The van der Waals surface area contributed by atoms with Crippen molar-refractivity contribution in [1.82, 2.24) is 0 Å². The number of rotatable bonds is 1. The summed E-state index contributed by atoms with van der Waals surface area (Å²) in [6.45, 7) is 2.14. The third-order valence-electron chi connectivity index (χ3n) is 4.28. The molecule has 100 valence electrons. The molecule has 2 fully saturated rings. The molecule has 3 atom stereocenters. The summed E-state index contributed by atoms with van der Waals surface area (Å²) in [6, 6.07) is 7.04. The van der Waals surface area contributed by atoms with Crippen molar-refractivity contribution in [2.75, 3.05) is 4.90 Å². The predicted molar refractivity (Wildman–Crippen MR) is 73.9 cm³/mol. The zero-order valence-electron chi connectivity index (χ0n) is 10.8. The van der Waals surface area contributed by atoms with E-state index in [2.05, 4.69) is 6.92 Å². The average molecular weight is 278 g/mol. The van der Waals surface area contributed by atoms with E-state index >= 15 is 0 Å². The predicted octanol–water partition coefficient (Wildman–Crippen LogP) is 3.27. The van der Waals surface area contributed by atoms with Crippen LogP contribution in [0.5, 0.6) is 0 Å². The van der Waals surface area contributed by atoms with Gasteiger partial charge < -0.3 is 0 Å². The Hall–Kier alpha value is -1.35. The normalized spacial score (nSPS) is 30.6. The number of fused-ring (bicyclic) bond motifs is 1. The van der Waals surface area contributed by atoms with E-state index in [1.807, 2.05) is 0 Å². The molecule has 0 N–H and O–H groups in total. The SMILES string of the molecule is C[C@H]1CC[C@H]2C(=O)N(c3ccccc3Cl)C(=O)[C@@H]2C1. The number of imide groups is 1. The van der Waals surface area contributed by atoms with Crippen molar-refractivity contribution in [3.63, 3.8) is 0 Å². The van der Waals surface area contributed by atoms with Crippen LogP contribution in [0.4, 0.5) is 5.69 Å². The molecule has 3 nitrogen and oxygen atoms in total. The van der Waals surface area contributed by atoms with Crippen LogP contribution in [0, 0.1) is 17.8 Å². The molecule has 1 saturated carbocycles. The van der Waals surface area contributed by atoms with E-state index in [0.29, 0.717) is 16.6 Å². The molecule has 1 saturated heterocycles. The smallest absolute Gasteiger partial charge is 0.237 e. The summed E-state index contributed by atoms with van der Waals surface area (Å²) in [5, 5.41) is 0.455. The summed E-state index contributed by atoms with van der Waals surface area (Å²) >= 11 is 6.11. The molecule has 4 heteroatoms. The van der Waals surface area contributed by atoms with Crippen molar-refractivity contribution in [2.45, 2.75) is 26.2 Å². The number of amides is 2. The minimum atomic E-state index is -0.146. The molecule has 1 aromatic rings. The van der Waals surface area contributed by atoms with Crippen molar-refractivity contribution in [3.8, 4) is 0 Å². The van der Waals surface area contributed by atoms with Gasteiger partial charge in [-0.15, -0.1) is 0 Å². The van der Waals surface area contributed by atoms with Crippen molar-refractivity contribution in [1.29, 1.82) is 0 Å². The topological polar surface area (TPSA) is 37.4 Å². The van der Waals surface area contributed by atoms with Crippen molar-refractivity contribution in [2.24, 2.45) is 17.8 Å². The van der Waals surface area contributed by atoms with E-state index in [1.165, 1.54) is 4.90 Å². The van der Waals surface area contributed by atoms with E-state index < -0.39 is 0 Å². The van der Waals surface area contributed by atoms with Crippen LogP contribution in [0.3, 0.4) is 0 Å². The fourth-order valence-electron chi connectivity index (χ4n) is 3.26. The zero-order valence-corrected chi connectivity index (χ0v) is 11.6. The van der Waals surface area contributed by atoms with Crippen LogP contribution in [0.1, 0.15) is 26.2 Å². The second-order valence-corrected chi connectivity index (χ2v) is 6.00. The number of carbonyl (C=O) groups is 2. The van der Waals surface area contributed by atoms with Crippen LogP contribution >= 0.6 is 11.6 Å². The zero-order chi connectivity index (χ0) is 13.6. The van der Waals surface area contributed by atoms with Gasteiger partial charge in [0, 0.05) is 0 Å². The van der Waals surface area contributed by atoms with E-state index in [9.17, 15) is 9.59 Å². The Balaban J connectivity index is 1.98. The molecular formula is C15H16ClNO2. The summed E-state index contributed by atoms with van der Waals surface area (Å²) in [6.07, 6.45) is 2.66. The molecule has 1 aliphatic heterocycles. The Labute approximate surface area is 117 Å². The average Bonchev–Trinajstić information content (AvgIpc) is 2.63. The Morgan fingerprint density at radius 3 is 2.53 bits per heavy atom. The molecule has 3 rings (SSSR count). The van der Waals surface area contributed by atoms with Gasteiger partial charge in [0.25, 0.3) is 0 Å². The standard InChI is InChI=1S/C15H16ClNO2/c1-9-6-7-10-11(8-9)15(19)17(14(10)18)13-5-3-2-4-12(13)16/h2-5,9-11H,6-8H2,1H3/t9-,10+,11+/m0/s1. The van der Waals surface area contributed by atoms with Gasteiger partial charge in [0.05, 0.1) is 22.5 Å². The maximum atomic E-state index is 12.5. The maximum Gasteiger partial charge on any atom is 0.237 e. The lowest BCUT2D eigenvalue weighted by Crippen LogP contribution is -2.31. The van der Waals surface area contributed by atoms with Gasteiger partial charge in [0.1, 0.15) is 0 Å². The highest BCUT2D eigenvalue weighted by atomic mass is 35.5. The minimum Gasteiger partial charge on any atom is -0.274 e. The highest BCUT2D eigenvalue weighted by Gasteiger charge is 2.50. The van der Waals surface area contributed by atoms with Gasteiger partial charge in [-0.05, 0) is 37.3 Å². The van der Waals surface area contributed by atoms with Crippen LogP contribution < -0.4 is 4.90 Å².